The lowest BCUT2D eigenvalue weighted by atomic mass is 10.2. The van der Waals surface area contributed by atoms with E-state index < -0.39 is 12.2 Å². The van der Waals surface area contributed by atoms with Crippen LogP contribution < -0.4 is 11.1 Å². The van der Waals surface area contributed by atoms with Gasteiger partial charge in [0.05, 0.1) is 23.6 Å². The lowest BCUT2D eigenvalue weighted by Crippen LogP contribution is -2.27. The molecule has 7 heteroatoms. The summed E-state index contributed by atoms with van der Waals surface area (Å²) in [5.41, 5.74) is 6.69. The van der Waals surface area contributed by atoms with E-state index in [0.29, 0.717) is 36.0 Å². The SMILES string of the molecule is Nc1cc(Cl)ccc1NC(=O)CCN1CC(O)C(O)C1. The maximum Gasteiger partial charge on any atom is 0.225 e. The topological polar surface area (TPSA) is 98.8 Å². The Kier molecular flexibility index (Phi) is 4.82. The zero-order valence-corrected chi connectivity index (χ0v) is 11.7. The summed E-state index contributed by atoms with van der Waals surface area (Å²) in [4.78, 5) is 13.7. The molecule has 2 atom stereocenters. The highest BCUT2D eigenvalue weighted by molar-refractivity contribution is 6.31. The van der Waals surface area contributed by atoms with Crippen LogP contribution in [0.2, 0.25) is 5.02 Å². The second-order valence-electron chi connectivity index (χ2n) is 4.92. The van der Waals surface area contributed by atoms with Crippen molar-refractivity contribution in [1.82, 2.24) is 4.90 Å². The van der Waals surface area contributed by atoms with E-state index in [4.69, 9.17) is 17.3 Å². The van der Waals surface area contributed by atoms with Crippen molar-refractivity contribution in [3.8, 4) is 0 Å². The van der Waals surface area contributed by atoms with Crippen molar-refractivity contribution < 1.29 is 15.0 Å². The van der Waals surface area contributed by atoms with Gasteiger partial charge in [-0.15, -0.1) is 0 Å². The standard InChI is InChI=1S/C13H18ClN3O3/c14-8-1-2-10(9(15)5-8)16-13(20)3-4-17-6-11(18)12(19)7-17/h1-2,5,11-12,18-19H,3-4,6-7,15H2,(H,16,20). The third-order valence-corrected chi connectivity index (χ3v) is 3.51. The number of aliphatic hydroxyl groups excluding tert-OH is 2. The van der Waals surface area contributed by atoms with Gasteiger partial charge < -0.3 is 21.3 Å². The predicted octanol–water partition coefficient (Wildman–Crippen LogP) is 0.288. The molecule has 5 N–H and O–H groups in total. The summed E-state index contributed by atoms with van der Waals surface area (Å²) in [6.07, 6.45) is -1.20. The summed E-state index contributed by atoms with van der Waals surface area (Å²) < 4.78 is 0. The van der Waals surface area contributed by atoms with Crippen LogP contribution in [-0.4, -0.2) is 52.9 Å². The Morgan fingerprint density at radius 2 is 2.05 bits per heavy atom. The molecule has 110 valence electrons. The van der Waals surface area contributed by atoms with Crippen molar-refractivity contribution in [2.24, 2.45) is 0 Å². The van der Waals surface area contributed by atoms with Crippen molar-refractivity contribution in [3.05, 3.63) is 23.2 Å². The Hall–Kier alpha value is -1.34. The number of amides is 1. The van der Waals surface area contributed by atoms with E-state index in [1.165, 1.54) is 0 Å². The largest absolute Gasteiger partial charge is 0.397 e. The van der Waals surface area contributed by atoms with Gasteiger partial charge in [-0.05, 0) is 18.2 Å². The van der Waals surface area contributed by atoms with E-state index in [2.05, 4.69) is 5.32 Å². The molecule has 0 spiro atoms. The maximum atomic E-state index is 11.8. The number of nitrogen functional groups attached to an aromatic ring is 1. The van der Waals surface area contributed by atoms with Crippen molar-refractivity contribution in [3.63, 3.8) is 0 Å². The molecule has 1 fully saturated rings. The quantitative estimate of drug-likeness (QED) is 0.599. The Labute approximate surface area is 122 Å². The maximum absolute atomic E-state index is 11.8. The van der Waals surface area contributed by atoms with Gasteiger partial charge in [-0.3, -0.25) is 9.69 Å². The van der Waals surface area contributed by atoms with Gasteiger partial charge in [0.15, 0.2) is 0 Å². The molecule has 0 radical (unpaired) electrons. The highest BCUT2D eigenvalue weighted by atomic mass is 35.5. The highest BCUT2D eigenvalue weighted by Gasteiger charge is 2.29. The summed E-state index contributed by atoms with van der Waals surface area (Å²) in [5, 5.41) is 22.0. The fourth-order valence-corrected chi connectivity index (χ4v) is 2.33. The number of hydrogen-bond acceptors (Lipinski definition) is 5. The second kappa shape index (κ2) is 6.41. The average molecular weight is 300 g/mol. The molecule has 1 heterocycles. The third kappa shape index (κ3) is 3.83. The van der Waals surface area contributed by atoms with Gasteiger partial charge in [-0.25, -0.2) is 0 Å². The van der Waals surface area contributed by atoms with Gasteiger partial charge in [0, 0.05) is 31.1 Å². The predicted molar refractivity (Wildman–Crippen MR) is 77.6 cm³/mol. The molecule has 0 bridgehead atoms. The van der Waals surface area contributed by atoms with Crippen LogP contribution in [-0.2, 0) is 4.79 Å². The van der Waals surface area contributed by atoms with Crippen LogP contribution in [0.1, 0.15) is 6.42 Å². The first kappa shape index (κ1) is 15.1. The summed E-state index contributed by atoms with van der Waals surface area (Å²) in [7, 11) is 0. The number of anilines is 2. The molecule has 0 aromatic heterocycles. The number of hydrogen-bond donors (Lipinski definition) is 4. The van der Waals surface area contributed by atoms with Crippen LogP contribution in [0.5, 0.6) is 0 Å². The molecule has 1 aromatic rings. The molecule has 0 aliphatic carbocycles. The van der Waals surface area contributed by atoms with E-state index in [1.807, 2.05) is 4.90 Å². The molecule has 6 nitrogen and oxygen atoms in total. The van der Waals surface area contributed by atoms with Crippen LogP contribution in [0.3, 0.4) is 0 Å². The Balaban J connectivity index is 1.81. The minimum Gasteiger partial charge on any atom is -0.397 e. The number of nitrogens with two attached hydrogens (primary N) is 1. The summed E-state index contributed by atoms with van der Waals surface area (Å²) >= 11 is 5.78. The van der Waals surface area contributed by atoms with Crippen LogP contribution in [0.4, 0.5) is 11.4 Å². The van der Waals surface area contributed by atoms with Gasteiger partial charge in [0.25, 0.3) is 0 Å². The summed E-state index contributed by atoms with van der Waals surface area (Å²) in [5.74, 6) is -0.171. The molecule has 2 rings (SSSR count). The normalized spacial score (nSPS) is 22.9. The number of carbonyl (C=O) groups excluding carboxylic acids is 1. The Bertz CT molecular complexity index is 488. The van der Waals surface area contributed by atoms with E-state index in [0.717, 1.165) is 0 Å². The lowest BCUT2D eigenvalue weighted by Gasteiger charge is -2.14. The molecule has 1 saturated heterocycles. The van der Waals surface area contributed by atoms with Gasteiger partial charge in [0.1, 0.15) is 0 Å². The first-order chi connectivity index (χ1) is 9.45. The van der Waals surface area contributed by atoms with Gasteiger partial charge in [-0.2, -0.15) is 0 Å². The molecular weight excluding hydrogens is 282 g/mol. The number of rotatable bonds is 4. The Morgan fingerprint density at radius 1 is 1.40 bits per heavy atom. The number of β-amino-alcohol motifs (C(OH)–C–C–N with tert-alkyl or cyclic N) is 2. The first-order valence-electron chi connectivity index (χ1n) is 6.39. The van der Waals surface area contributed by atoms with Crippen molar-refractivity contribution in [2.45, 2.75) is 18.6 Å². The van der Waals surface area contributed by atoms with Crippen LogP contribution in [0, 0.1) is 0 Å². The monoisotopic (exact) mass is 299 g/mol. The van der Waals surface area contributed by atoms with E-state index in [1.54, 1.807) is 18.2 Å². The van der Waals surface area contributed by atoms with E-state index >= 15 is 0 Å². The highest BCUT2D eigenvalue weighted by Crippen LogP contribution is 2.22. The van der Waals surface area contributed by atoms with Gasteiger partial charge in [0.2, 0.25) is 5.91 Å². The zero-order valence-electron chi connectivity index (χ0n) is 10.9. The molecule has 2 unspecified atom stereocenters. The summed E-state index contributed by atoms with van der Waals surface area (Å²) in [6, 6.07) is 4.88. The number of nitrogens with one attached hydrogen (secondary N) is 1. The summed E-state index contributed by atoms with van der Waals surface area (Å²) in [6.45, 7) is 1.25. The van der Waals surface area contributed by atoms with Crippen molar-refractivity contribution in [1.29, 1.82) is 0 Å². The van der Waals surface area contributed by atoms with Crippen molar-refractivity contribution in [2.75, 3.05) is 30.7 Å². The number of benzene rings is 1. The molecule has 20 heavy (non-hydrogen) atoms. The Morgan fingerprint density at radius 3 is 2.65 bits per heavy atom. The first-order valence-corrected chi connectivity index (χ1v) is 6.77. The molecule has 0 saturated carbocycles. The fourth-order valence-electron chi connectivity index (χ4n) is 2.15. The van der Waals surface area contributed by atoms with Gasteiger partial charge >= 0.3 is 0 Å². The minimum atomic E-state index is -0.732. The zero-order chi connectivity index (χ0) is 14.7. The fraction of sp³-hybridized carbons (Fsp3) is 0.462. The molecular formula is C13H18ClN3O3. The lowest BCUT2D eigenvalue weighted by molar-refractivity contribution is -0.116. The second-order valence-corrected chi connectivity index (χ2v) is 5.36. The van der Waals surface area contributed by atoms with E-state index in [9.17, 15) is 15.0 Å². The number of halogens is 1. The van der Waals surface area contributed by atoms with E-state index in [-0.39, 0.29) is 12.3 Å². The number of nitrogens with zero attached hydrogens (tertiary/aromatic N) is 1. The molecule has 1 aromatic carbocycles. The van der Waals surface area contributed by atoms with Crippen molar-refractivity contribution >= 4 is 28.9 Å². The van der Waals surface area contributed by atoms with Crippen LogP contribution >= 0.6 is 11.6 Å². The van der Waals surface area contributed by atoms with Gasteiger partial charge in [-0.1, -0.05) is 11.6 Å². The van der Waals surface area contributed by atoms with Crippen LogP contribution in [0.15, 0.2) is 18.2 Å². The number of likely N-dealkylation sites (tertiary alicyclic amines) is 1. The molecule has 1 amide bonds. The van der Waals surface area contributed by atoms with Crippen LogP contribution in [0.25, 0.3) is 0 Å². The number of aliphatic hydroxyl groups is 2. The molecule has 1 aliphatic rings. The average Bonchev–Trinajstić information content (AvgIpc) is 2.70. The minimum absolute atomic E-state index is 0.171. The smallest absolute Gasteiger partial charge is 0.225 e. The molecule has 1 aliphatic heterocycles. The third-order valence-electron chi connectivity index (χ3n) is 3.28. The number of carbonyl (C=O) groups is 1.